The van der Waals surface area contributed by atoms with Crippen LogP contribution in [0.5, 0.6) is 0 Å². The van der Waals surface area contributed by atoms with Gasteiger partial charge in [0.15, 0.2) is 0 Å². The van der Waals surface area contributed by atoms with Gasteiger partial charge in [-0.15, -0.1) is 0 Å². The number of fused-ring (bicyclic) bond motifs is 1. The van der Waals surface area contributed by atoms with Crippen molar-refractivity contribution in [3.63, 3.8) is 0 Å². The van der Waals surface area contributed by atoms with Crippen LogP contribution in [-0.2, 0) is 16.0 Å². The van der Waals surface area contributed by atoms with Crippen LogP contribution in [0.25, 0.3) is 0 Å². The number of aromatic nitrogens is 1. The van der Waals surface area contributed by atoms with Crippen molar-refractivity contribution in [3.05, 3.63) is 20.2 Å². The number of carbonyl (C=O) groups excluding carboxylic acids is 1. The molecule has 1 unspecified atom stereocenters. The monoisotopic (exact) mass is 213 g/mol. The van der Waals surface area contributed by atoms with Crippen LogP contribution in [0.2, 0.25) is 0 Å². The molecule has 5 heteroatoms. The average Bonchev–Trinajstić information content (AvgIpc) is 2.56. The van der Waals surface area contributed by atoms with E-state index in [-0.39, 0.29) is 16.8 Å². The quantitative estimate of drug-likeness (QED) is 0.709. The first-order valence-electron chi connectivity index (χ1n) is 4.52. The summed E-state index contributed by atoms with van der Waals surface area (Å²) in [6, 6.07) is 0. The average molecular weight is 213 g/mol. The van der Waals surface area contributed by atoms with Gasteiger partial charge in [0, 0.05) is 10.6 Å². The third kappa shape index (κ3) is 1.48. The van der Waals surface area contributed by atoms with Crippen molar-refractivity contribution in [3.8, 4) is 0 Å². The van der Waals surface area contributed by atoms with E-state index in [1.165, 1.54) is 18.4 Å². The van der Waals surface area contributed by atoms with Gasteiger partial charge in [0.2, 0.25) is 0 Å². The highest BCUT2D eigenvalue weighted by Crippen LogP contribution is 2.31. The maximum absolute atomic E-state index is 11.4. The molecule has 4 nitrogen and oxygen atoms in total. The fraction of sp³-hybridized carbons (Fsp3) is 0.556. The number of aromatic amines is 1. The summed E-state index contributed by atoms with van der Waals surface area (Å²) in [5.74, 6) is -0.511. The number of aryl methyl sites for hydroxylation is 1. The van der Waals surface area contributed by atoms with Crippen molar-refractivity contribution in [2.24, 2.45) is 0 Å². The van der Waals surface area contributed by atoms with Crippen LogP contribution in [-0.4, -0.2) is 18.1 Å². The van der Waals surface area contributed by atoms with E-state index in [0.29, 0.717) is 0 Å². The van der Waals surface area contributed by atoms with E-state index in [9.17, 15) is 9.59 Å². The van der Waals surface area contributed by atoms with E-state index in [1.807, 2.05) is 0 Å². The van der Waals surface area contributed by atoms with Gasteiger partial charge in [-0.1, -0.05) is 11.3 Å². The number of ether oxygens (including phenoxy) is 1. The maximum Gasteiger partial charge on any atom is 0.314 e. The lowest BCUT2D eigenvalue weighted by Gasteiger charge is -2.18. The highest BCUT2D eigenvalue weighted by Gasteiger charge is 2.29. The van der Waals surface area contributed by atoms with Gasteiger partial charge < -0.3 is 9.72 Å². The molecule has 1 aliphatic rings. The van der Waals surface area contributed by atoms with Crippen LogP contribution in [0.15, 0.2) is 4.79 Å². The minimum Gasteiger partial charge on any atom is -0.469 e. The lowest BCUT2D eigenvalue weighted by Crippen LogP contribution is -2.19. The van der Waals surface area contributed by atoms with Gasteiger partial charge in [-0.2, -0.15) is 0 Å². The predicted molar refractivity (Wildman–Crippen MR) is 52.6 cm³/mol. The molecule has 2 rings (SSSR count). The van der Waals surface area contributed by atoms with Gasteiger partial charge in [0.1, 0.15) is 0 Å². The number of hydrogen-bond acceptors (Lipinski definition) is 4. The number of rotatable bonds is 1. The number of esters is 1. The normalized spacial score (nSPS) is 20.2. The van der Waals surface area contributed by atoms with Crippen LogP contribution in [0, 0.1) is 0 Å². The Balaban J connectivity index is 2.39. The van der Waals surface area contributed by atoms with Gasteiger partial charge in [-0.25, -0.2) is 0 Å². The van der Waals surface area contributed by atoms with E-state index in [1.54, 1.807) is 0 Å². The van der Waals surface area contributed by atoms with Gasteiger partial charge in [-0.05, 0) is 19.3 Å². The molecule has 0 aliphatic heterocycles. The molecule has 76 valence electrons. The molecule has 0 aromatic carbocycles. The smallest absolute Gasteiger partial charge is 0.314 e. The Kier molecular flexibility index (Phi) is 2.41. The summed E-state index contributed by atoms with van der Waals surface area (Å²) < 4.78 is 4.70. The molecule has 1 atom stereocenters. The summed E-state index contributed by atoms with van der Waals surface area (Å²) in [5.41, 5.74) is 0.776. The molecule has 0 fully saturated rings. The largest absolute Gasteiger partial charge is 0.469 e. The molecule has 1 heterocycles. The summed E-state index contributed by atoms with van der Waals surface area (Å²) in [4.78, 5) is 26.2. The van der Waals surface area contributed by atoms with Crippen molar-refractivity contribution in [1.29, 1.82) is 0 Å². The zero-order valence-corrected chi connectivity index (χ0v) is 8.65. The zero-order valence-electron chi connectivity index (χ0n) is 7.83. The lowest BCUT2D eigenvalue weighted by molar-refractivity contribution is -0.142. The summed E-state index contributed by atoms with van der Waals surface area (Å²) in [5, 5.41) is 0. The minimum atomic E-state index is -0.261. The number of H-pyrrole nitrogens is 1. The topological polar surface area (TPSA) is 59.2 Å². The van der Waals surface area contributed by atoms with Crippen LogP contribution in [0.3, 0.4) is 0 Å². The molecule has 0 saturated carbocycles. The van der Waals surface area contributed by atoms with E-state index >= 15 is 0 Å². The number of nitrogens with one attached hydrogen (secondary N) is 1. The molecule has 14 heavy (non-hydrogen) atoms. The summed E-state index contributed by atoms with van der Waals surface area (Å²) in [6.07, 6.45) is 2.61. The third-order valence-corrected chi connectivity index (χ3v) is 3.44. The van der Waals surface area contributed by atoms with E-state index in [2.05, 4.69) is 4.98 Å². The van der Waals surface area contributed by atoms with Crippen LogP contribution in [0.1, 0.15) is 29.3 Å². The Morgan fingerprint density at radius 1 is 1.64 bits per heavy atom. The molecule has 1 aromatic heterocycles. The van der Waals surface area contributed by atoms with Gasteiger partial charge >= 0.3 is 10.8 Å². The second kappa shape index (κ2) is 3.57. The zero-order chi connectivity index (χ0) is 10.1. The minimum absolute atomic E-state index is 0.0780. The molecule has 1 aromatic rings. The van der Waals surface area contributed by atoms with Crippen LogP contribution in [0.4, 0.5) is 0 Å². The number of carbonyl (C=O) groups is 1. The molecular weight excluding hydrogens is 202 g/mol. The Morgan fingerprint density at radius 3 is 3.14 bits per heavy atom. The van der Waals surface area contributed by atoms with Crippen molar-refractivity contribution in [1.82, 2.24) is 4.98 Å². The Bertz CT molecular complexity index is 406. The summed E-state index contributed by atoms with van der Waals surface area (Å²) in [7, 11) is 1.38. The van der Waals surface area contributed by atoms with Crippen LogP contribution >= 0.6 is 11.3 Å². The summed E-state index contributed by atoms with van der Waals surface area (Å²) >= 11 is 1.20. The van der Waals surface area contributed by atoms with Crippen LogP contribution < -0.4 is 4.87 Å². The number of thiazole rings is 1. The van der Waals surface area contributed by atoms with Crippen molar-refractivity contribution in [2.45, 2.75) is 25.2 Å². The molecule has 0 spiro atoms. The first kappa shape index (κ1) is 9.45. The SMILES string of the molecule is COC(=O)C1CCCc2sc(=O)[nH]c21. The molecule has 0 saturated heterocycles. The molecule has 0 amide bonds. The fourth-order valence-electron chi connectivity index (χ4n) is 1.83. The second-order valence-electron chi connectivity index (χ2n) is 3.32. The number of hydrogen-bond donors (Lipinski definition) is 1. The summed E-state index contributed by atoms with van der Waals surface area (Å²) in [6.45, 7) is 0. The molecule has 1 aliphatic carbocycles. The Morgan fingerprint density at radius 2 is 2.43 bits per heavy atom. The first-order chi connectivity index (χ1) is 6.72. The highest BCUT2D eigenvalue weighted by atomic mass is 32.1. The first-order valence-corrected chi connectivity index (χ1v) is 5.33. The van der Waals surface area contributed by atoms with Gasteiger partial charge in [0.25, 0.3) is 0 Å². The molecule has 0 bridgehead atoms. The van der Waals surface area contributed by atoms with E-state index in [0.717, 1.165) is 29.8 Å². The second-order valence-corrected chi connectivity index (χ2v) is 4.39. The standard InChI is InChI=1S/C9H11NO3S/c1-13-8(11)5-3-2-4-6-7(5)10-9(12)14-6/h5H,2-4H2,1H3,(H,10,12). The van der Waals surface area contributed by atoms with E-state index < -0.39 is 0 Å². The maximum atomic E-state index is 11.4. The molecule has 1 N–H and O–H groups in total. The third-order valence-electron chi connectivity index (χ3n) is 2.48. The van der Waals surface area contributed by atoms with Gasteiger partial charge in [0.05, 0.1) is 13.0 Å². The predicted octanol–water partition coefficient (Wildman–Crippen LogP) is 1.03. The van der Waals surface area contributed by atoms with Gasteiger partial charge in [-0.3, -0.25) is 9.59 Å². The fourth-order valence-corrected chi connectivity index (χ4v) is 2.76. The Labute approximate surface area is 84.9 Å². The molecular formula is C9H11NO3S. The number of methoxy groups -OCH3 is 1. The highest BCUT2D eigenvalue weighted by molar-refractivity contribution is 7.09. The van der Waals surface area contributed by atoms with Crippen molar-refractivity contribution < 1.29 is 9.53 Å². The van der Waals surface area contributed by atoms with E-state index in [4.69, 9.17) is 4.74 Å². The van der Waals surface area contributed by atoms with Crippen molar-refractivity contribution in [2.75, 3.05) is 7.11 Å². The Hall–Kier alpha value is -1.10. The molecule has 0 radical (unpaired) electrons. The lowest BCUT2D eigenvalue weighted by atomic mass is 9.91. The van der Waals surface area contributed by atoms with Crippen molar-refractivity contribution >= 4 is 17.3 Å².